The number of hydrogen-bond donors (Lipinski definition) is 1. The van der Waals surface area contributed by atoms with Gasteiger partial charge in [-0.25, -0.2) is 0 Å². The fourth-order valence-electron chi connectivity index (χ4n) is 1.97. The molecule has 0 spiro atoms. The molecular formula is C15H11BrN4O. The molecule has 104 valence electrons. The van der Waals surface area contributed by atoms with E-state index in [-0.39, 0.29) is 22.8 Å². The SMILES string of the molecule is CCOc1nc(N)c(C#N)c(-c2ccccc2Br)c1C#N. The van der Waals surface area contributed by atoms with Crippen molar-refractivity contribution in [3.8, 4) is 29.1 Å². The van der Waals surface area contributed by atoms with E-state index in [2.05, 4.69) is 27.0 Å². The molecule has 1 aromatic carbocycles. The zero-order valence-corrected chi connectivity index (χ0v) is 12.8. The molecule has 0 fully saturated rings. The van der Waals surface area contributed by atoms with Gasteiger partial charge in [-0.05, 0) is 18.6 Å². The number of nitrogens with two attached hydrogens (primary N) is 1. The van der Waals surface area contributed by atoms with Crippen LogP contribution >= 0.6 is 15.9 Å². The number of pyridine rings is 1. The monoisotopic (exact) mass is 342 g/mol. The molecule has 0 saturated heterocycles. The van der Waals surface area contributed by atoms with Crippen molar-refractivity contribution in [1.82, 2.24) is 4.98 Å². The molecule has 0 unspecified atom stereocenters. The maximum absolute atomic E-state index is 9.45. The normalized spacial score (nSPS) is 9.71. The van der Waals surface area contributed by atoms with Crippen molar-refractivity contribution in [2.75, 3.05) is 12.3 Å². The summed E-state index contributed by atoms with van der Waals surface area (Å²) in [6.07, 6.45) is 0. The number of halogens is 1. The Balaban J connectivity index is 2.89. The second-order valence-corrected chi connectivity index (χ2v) is 4.92. The fourth-order valence-corrected chi connectivity index (χ4v) is 2.46. The third-order valence-electron chi connectivity index (χ3n) is 2.84. The molecule has 6 heteroatoms. The average Bonchev–Trinajstić information content (AvgIpc) is 2.47. The van der Waals surface area contributed by atoms with Crippen LogP contribution in [0.3, 0.4) is 0 Å². The molecule has 0 radical (unpaired) electrons. The van der Waals surface area contributed by atoms with Crippen LogP contribution in [0.2, 0.25) is 0 Å². The topological polar surface area (TPSA) is 95.7 Å². The number of hydrogen-bond acceptors (Lipinski definition) is 5. The van der Waals surface area contributed by atoms with Crippen LogP contribution in [0.5, 0.6) is 5.88 Å². The summed E-state index contributed by atoms with van der Waals surface area (Å²) in [7, 11) is 0. The summed E-state index contributed by atoms with van der Waals surface area (Å²) in [4.78, 5) is 4.02. The number of aromatic nitrogens is 1. The average molecular weight is 343 g/mol. The molecule has 0 bridgehead atoms. The Morgan fingerprint density at radius 1 is 1.24 bits per heavy atom. The molecule has 0 saturated carbocycles. The second-order valence-electron chi connectivity index (χ2n) is 4.06. The lowest BCUT2D eigenvalue weighted by Crippen LogP contribution is -2.06. The van der Waals surface area contributed by atoms with Gasteiger partial charge in [0.15, 0.2) is 0 Å². The first kappa shape index (κ1) is 14.8. The number of nitrogens with zero attached hydrogens (tertiary/aromatic N) is 3. The van der Waals surface area contributed by atoms with E-state index in [1.807, 2.05) is 24.3 Å². The molecule has 0 aliphatic rings. The van der Waals surface area contributed by atoms with Gasteiger partial charge in [0.2, 0.25) is 5.88 Å². The van der Waals surface area contributed by atoms with Crippen LogP contribution in [-0.4, -0.2) is 11.6 Å². The van der Waals surface area contributed by atoms with Crippen LogP contribution in [0, 0.1) is 22.7 Å². The van der Waals surface area contributed by atoms with Crippen LogP contribution in [0.1, 0.15) is 18.1 Å². The minimum absolute atomic E-state index is 0.0469. The first-order chi connectivity index (χ1) is 10.1. The zero-order chi connectivity index (χ0) is 15.4. The molecule has 2 N–H and O–H groups in total. The van der Waals surface area contributed by atoms with E-state index in [1.165, 1.54) is 0 Å². The number of anilines is 1. The molecule has 0 aliphatic heterocycles. The lowest BCUT2D eigenvalue weighted by Gasteiger charge is -2.14. The van der Waals surface area contributed by atoms with Gasteiger partial charge in [0, 0.05) is 10.0 Å². The maximum atomic E-state index is 9.45. The number of benzene rings is 1. The molecule has 2 rings (SSSR count). The van der Waals surface area contributed by atoms with Crippen molar-refractivity contribution in [3.63, 3.8) is 0 Å². The van der Waals surface area contributed by atoms with Gasteiger partial charge >= 0.3 is 0 Å². The molecule has 0 aliphatic carbocycles. The second kappa shape index (κ2) is 6.25. The van der Waals surface area contributed by atoms with Gasteiger partial charge in [-0.2, -0.15) is 15.5 Å². The van der Waals surface area contributed by atoms with Crippen LogP contribution in [0.4, 0.5) is 5.82 Å². The highest BCUT2D eigenvalue weighted by Gasteiger charge is 2.22. The number of ether oxygens (including phenoxy) is 1. The highest BCUT2D eigenvalue weighted by molar-refractivity contribution is 9.10. The molecule has 21 heavy (non-hydrogen) atoms. The minimum atomic E-state index is 0.0469. The van der Waals surface area contributed by atoms with E-state index in [0.717, 1.165) is 4.47 Å². The van der Waals surface area contributed by atoms with Gasteiger partial charge in [0.05, 0.1) is 6.61 Å². The number of nitrogen functional groups attached to an aromatic ring is 1. The quantitative estimate of drug-likeness (QED) is 0.923. The van der Waals surface area contributed by atoms with E-state index in [0.29, 0.717) is 17.7 Å². The van der Waals surface area contributed by atoms with Crippen molar-refractivity contribution in [3.05, 3.63) is 39.9 Å². The van der Waals surface area contributed by atoms with Crippen molar-refractivity contribution < 1.29 is 4.74 Å². The molecule has 0 amide bonds. The predicted octanol–water partition coefficient (Wildman–Crippen LogP) is 3.24. The summed E-state index contributed by atoms with van der Waals surface area (Å²) >= 11 is 3.43. The first-order valence-electron chi connectivity index (χ1n) is 6.15. The summed E-state index contributed by atoms with van der Waals surface area (Å²) in [6, 6.07) is 11.4. The van der Waals surface area contributed by atoms with Crippen LogP contribution < -0.4 is 10.5 Å². The molecular weight excluding hydrogens is 332 g/mol. The Morgan fingerprint density at radius 3 is 2.48 bits per heavy atom. The Bertz CT molecular complexity index is 774. The Hall–Kier alpha value is -2.57. The molecule has 2 aromatic rings. The molecule has 0 atom stereocenters. The summed E-state index contributed by atoms with van der Waals surface area (Å²) in [5, 5.41) is 18.8. The van der Waals surface area contributed by atoms with Crippen molar-refractivity contribution in [2.24, 2.45) is 0 Å². The van der Waals surface area contributed by atoms with Crippen LogP contribution in [0.15, 0.2) is 28.7 Å². The fraction of sp³-hybridized carbons (Fsp3) is 0.133. The van der Waals surface area contributed by atoms with E-state index >= 15 is 0 Å². The van der Waals surface area contributed by atoms with Crippen LogP contribution in [0.25, 0.3) is 11.1 Å². The van der Waals surface area contributed by atoms with Gasteiger partial charge in [-0.1, -0.05) is 34.1 Å². The van der Waals surface area contributed by atoms with E-state index in [4.69, 9.17) is 10.5 Å². The van der Waals surface area contributed by atoms with Crippen LogP contribution in [-0.2, 0) is 0 Å². The Labute approximate surface area is 130 Å². The third-order valence-corrected chi connectivity index (χ3v) is 3.53. The highest BCUT2D eigenvalue weighted by Crippen LogP contribution is 2.38. The summed E-state index contributed by atoms with van der Waals surface area (Å²) < 4.78 is 6.13. The van der Waals surface area contributed by atoms with Crippen molar-refractivity contribution >= 4 is 21.7 Å². The molecule has 1 heterocycles. The van der Waals surface area contributed by atoms with Gasteiger partial charge in [0.25, 0.3) is 0 Å². The predicted molar refractivity (Wildman–Crippen MR) is 82.4 cm³/mol. The lowest BCUT2D eigenvalue weighted by molar-refractivity contribution is 0.326. The van der Waals surface area contributed by atoms with Gasteiger partial charge < -0.3 is 10.5 Å². The van der Waals surface area contributed by atoms with Crippen molar-refractivity contribution in [2.45, 2.75) is 6.92 Å². The first-order valence-corrected chi connectivity index (χ1v) is 6.94. The molecule has 5 nitrogen and oxygen atoms in total. The number of rotatable bonds is 3. The third kappa shape index (κ3) is 2.67. The summed E-state index contributed by atoms with van der Waals surface area (Å²) in [5.41, 5.74) is 7.34. The number of nitriles is 2. The van der Waals surface area contributed by atoms with Gasteiger partial charge in [-0.3, -0.25) is 0 Å². The van der Waals surface area contributed by atoms with E-state index in [1.54, 1.807) is 13.0 Å². The molecule has 1 aromatic heterocycles. The van der Waals surface area contributed by atoms with E-state index in [9.17, 15) is 10.5 Å². The van der Waals surface area contributed by atoms with Crippen molar-refractivity contribution in [1.29, 1.82) is 10.5 Å². The van der Waals surface area contributed by atoms with E-state index < -0.39 is 0 Å². The Morgan fingerprint density at radius 2 is 1.90 bits per heavy atom. The Kier molecular flexibility index (Phi) is 4.42. The smallest absolute Gasteiger partial charge is 0.234 e. The highest BCUT2D eigenvalue weighted by atomic mass is 79.9. The standard InChI is InChI=1S/C15H11BrN4O/c1-2-21-15-11(8-18)13(10(7-17)14(19)20-15)9-5-3-4-6-12(9)16/h3-6H,2H2,1H3,(H2,19,20). The summed E-state index contributed by atoms with van der Waals surface area (Å²) in [5.74, 6) is 0.188. The van der Waals surface area contributed by atoms with Gasteiger partial charge in [-0.15, -0.1) is 0 Å². The summed E-state index contributed by atoms with van der Waals surface area (Å²) in [6.45, 7) is 2.14. The largest absolute Gasteiger partial charge is 0.477 e. The minimum Gasteiger partial charge on any atom is -0.477 e. The van der Waals surface area contributed by atoms with Gasteiger partial charge in [0.1, 0.15) is 29.1 Å². The zero-order valence-electron chi connectivity index (χ0n) is 11.2. The lowest BCUT2D eigenvalue weighted by atomic mass is 9.96. The maximum Gasteiger partial charge on any atom is 0.234 e.